The Morgan fingerprint density at radius 2 is 2.22 bits per heavy atom. The lowest BCUT2D eigenvalue weighted by molar-refractivity contribution is -0.139. The average molecular weight is 281 g/mol. The van der Waals surface area contributed by atoms with Crippen LogP contribution >= 0.6 is 11.6 Å². The Bertz CT molecular complexity index is 391. The van der Waals surface area contributed by atoms with Gasteiger partial charge in [-0.3, -0.25) is 4.79 Å². The van der Waals surface area contributed by atoms with Crippen molar-refractivity contribution in [2.24, 2.45) is 11.3 Å². The highest BCUT2D eigenvalue weighted by Gasteiger charge is 2.37. The highest BCUT2D eigenvalue weighted by atomic mass is 35.5. The molecule has 0 spiro atoms. The van der Waals surface area contributed by atoms with E-state index in [1.165, 1.54) is 6.08 Å². The van der Waals surface area contributed by atoms with Gasteiger partial charge in [-0.15, -0.1) is 0 Å². The summed E-state index contributed by atoms with van der Waals surface area (Å²) >= 11 is 5.92. The molecule has 0 saturated heterocycles. The molecule has 0 aliphatic heterocycles. The van der Waals surface area contributed by atoms with Crippen molar-refractivity contribution in [3.63, 3.8) is 0 Å². The van der Waals surface area contributed by atoms with Crippen LogP contribution in [0.1, 0.15) is 26.7 Å². The van der Waals surface area contributed by atoms with Gasteiger partial charge in [0, 0.05) is 5.41 Å². The lowest BCUT2D eigenvalue weighted by Crippen LogP contribution is -2.30. The van der Waals surface area contributed by atoms with Crippen LogP contribution in [0.3, 0.4) is 0 Å². The molecule has 1 aliphatic carbocycles. The van der Waals surface area contributed by atoms with Gasteiger partial charge in [-0.05, 0) is 18.4 Å². The lowest BCUT2D eigenvalue weighted by Gasteiger charge is -2.36. The van der Waals surface area contributed by atoms with Gasteiger partial charge in [0.25, 0.3) is 0 Å². The van der Waals surface area contributed by atoms with E-state index in [2.05, 4.69) is 4.74 Å². The molecule has 102 valence electrons. The van der Waals surface area contributed by atoms with Crippen LogP contribution in [-0.4, -0.2) is 17.7 Å². The number of allylic oxidation sites excluding steroid dienone is 3. The Labute approximate surface area is 109 Å². The molecule has 3 nitrogen and oxygen atoms in total. The predicted octanol–water partition coefficient (Wildman–Crippen LogP) is 3.75. The van der Waals surface area contributed by atoms with Crippen LogP contribution in [0.15, 0.2) is 22.9 Å². The number of alkyl halides is 2. The van der Waals surface area contributed by atoms with Crippen LogP contribution in [0.25, 0.3) is 0 Å². The number of hydrogen-bond donors (Lipinski definition) is 1. The summed E-state index contributed by atoms with van der Waals surface area (Å²) in [7, 11) is 0. The summed E-state index contributed by atoms with van der Waals surface area (Å²) in [6.07, 6.45) is 3.03. The number of aliphatic carboxylic acids is 1. The molecular weight excluding hydrogens is 266 g/mol. The Kier molecular flexibility index (Phi) is 4.73. The first-order chi connectivity index (χ1) is 8.27. The quantitative estimate of drug-likeness (QED) is 0.834. The van der Waals surface area contributed by atoms with Gasteiger partial charge in [-0.25, -0.2) is 0 Å². The van der Waals surface area contributed by atoms with E-state index in [1.807, 2.05) is 13.8 Å². The first-order valence-electron chi connectivity index (χ1n) is 5.51. The summed E-state index contributed by atoms with van der Waals surface area (Å²) < 4.78 is 28.5. The molecule has 0 aromatic carbocycles. The highest BCUT2D eigenvalue weighted by molar-refractivity contribution is 6.30. The molecule has 0 aromatic rings. The molecule has 0 amide bonds. The zero-order valence-corrected chi connectivity index (χ0v) is 10.9. The fourth-order valence-corrected chi connectivity index (χ4v) is 2.33. The number of carboxylic acids is 1. The summed E-state index contributed by atoms with van der Waals surface area (Å²) in [5, 5.41) is 9.07. The summed E-state index contributed by atoms with van der Waals surface area (Å²) in [6, 6.07) is 0. The van der Waals surface area contributed by atoms with E-state index in [0.29, 0.717) is 0 Å². The van der Waals surface area contributed by atoms with Crippen molar-refractivity contribution in [2.45, 2.75) is 33.3 Å². The SMILES string of the molecule is CC(C)C1(CC(=O)O)C=CC(OC(F)F)=C(Cl)C1. The van der Waals surface area contributed by atoms with Crippen molar-refractivity contribution in [3.8, 4) is 0 Å². The minimum absolute atomic E-state index is 0.0201. The molecule has 0 radical (unpaired) electrons. The Hall–Kier alpha value is -1.10. The van der Waals surface area contributed by atoms with Crippen LogP contribution in [-0.2, 0) is 9.53 Å². The van der Waals surface area contributed by atoms with Gasteiger partial charge in [0.2, 0.25) is 0 Å². The maximum atomic E-state index is 12.1. The second kappa shape index (κ2) is 5.69. The fourth-order valence-electron chi connectivity index (χ4n) is 1.97. The maximum absolute atomic E-state index is 12.1. The number of rotatable bonds is 5. The largest absolute Gasteiger partial charge is 0.481 e. The molecule has 1 atom stereocenters. The van der Waals surface area contributed by atoms with E-state index >= 15 is 0 Å². The van der Waals surface area contributed by atoms with E-state index in [0.717, 1.165) is 0 Å². The van der Waals surface area contributed by atoms with Gasteiger partial charge in [-0.2, -0.15) is 8.78 Å². The smallest absolute Gasteiger partial charge is 0.387 e. The highest BCUT2D eigenvalue weighted by Crippen LogP contribution is 2.44. The standard InChI is InChI=1S/C12H15ClF2O3/c1-7(2)12(6-10(16)17)4-3-9(8(13)5-12)18-11(14)15/h3-4,7,11H,5-6H2,1-2H3,(H,16,17). The average Bonchev–Trinajstić information content (AvgIpc) is 2.20. The van der Waals surface area contributed by atoms with E-state index < -0.39 is 18.0 Å². The van der Waals surface area contributed by atoms with Gasteiger partial charge in [-0.1, -0.05) is 31.5 Å². The van der Waals surface area contributed by atoms with Crippen molar-refractivity contribution in [2.75, 3.05) is 0 Å². The topological polar surface area (TPSA) is 46.5 Å². The van der Waals surface area contributed by atoms with Crippen LogP contribution in [0, 0.1) is 11.3 Å². The number of carbonyl (C=O) groups is 1. The van der Waals surface area contributed by atoms with Gasteiger partial charge in [0.05, 0.1) is 11.5 Å². The van der Waals surface area contributed by atoms with E-state index in [9.17, 15) is 13.6 Å². The lowest BCUT2D eigenvalue weighted by atomic mass is 9.70. The Morgan fingerprint density at radius 3 is 2.61 bits per heavy atom. The molecule has 18 heavy (non-hydrogen) atoms. The summed E-state index contributed by atoms with van der Waals surface area (Å²) in [4.78, 5) is 10.9. The van der Waals surface area contributed by atoms with Crippen molar-refractivity contribution < 1.29 is 23.4 Å². The zero-order chi connectivity index (χ0) is 13.9. The fraction of sp³-hybridized carbons (Fsp3) is 0.583. The van der Waals surface area contributed by atoms with Gasteiger partial charge in [0.1, 0.15) is 5.76 Å². The van der Waals surface area contributed by atoms with Crippen LogP contribution in [0.4, 0.5) is 8.78 Å². The molecule has 1 rings (SSSR count). The van der Waals surface area contributed by atoms with E-state index in [4.69, 9.17) is 16.7 Å². The molecule has 0 bridgehead atoms. The van der Waals surface area contributed by atoms with Crippen molar-refractivity contribution >= 4 is 17.6 Å². The summed E-state index contributed by atoms with van der Waals surface area (Å²) in [5.74, 6) is -1.02. The minimum Gasteiger partial charge on any atom is -0.481 e. The zero-order valence-electron chi connectivity index (χ0n) is 10.1. The molecule has 1 N–H and O–H groups in total. The molecule has 0 aromatic heterocycles. The third-order valence-corrected chi connectivity index (χ3v) is 3.48. The van der Waals surface area contributed by atoms with Crippen molar-refractivity contribution in [1.82, 2.24) is 0 Å². The molecule has 0 heterocycles. The first kappa shape index (κ1) is 15.0. The van der Waals surface area contributed by atoms with Gasteiger partial charge >= 0.3 is 12.6 Å². The predicted molar refractivity (Wildman–Crippen MR) is 63.2 cm³/mol. The van der Waals surface area contributed by atoms with E-state index in [-0.39, 0.29) is 29.6 Å². The number of halogens is 3. The molecule has 6 heteroatoms. The third-order valence-electron chi connectivity index (χ3n) is 3.16. The second-order valence-electron chi connectivity index (χ2n) is 4.62. The number of carboxylic acid groups (broad SMARTS) is 1. The third kappa shape index (κ3) is 3.45. The molecule has 0 fully saturated rings. The van der Waals surface area contributed by atoms with E-state index in [1.54, 1.807) is 6.08 Å². The molecular formula is C12H15ClF2O3. The first-order valence-corrected chi connectivity index (χ1v) is 5.89. The van der Waals surface area contributed by atoms with Gasteiger partial charge < -0.3 is 9.84 Å². The summed E-state index contributed by atoms with van der Waals surface area (Å²) in [6.45, 7) is 0.803. The van der Waals surface area contributed by atoms with Crippen molar-refractivity contribution in [1.29, 1.82) is 0 Å². The van der Waals surface area contributed by atoms with Gasteiger partial charge in [0.15, 0.2) is 0 Å². The minimum atomic E-state index is -2.94. The van der Waals surface area contributed by atoms with Crippen LogP contribution < -0.4 is 0 Å². The molecule has 1 unspecified atom stereocenters. The monoisotopic (exact) mass is 280 g/mol. The number of ether oxygens (including phenoxy) is 1. The van der Waals surface area contributed by atoms with Crippen LogP contribution in [0.5, 0.6) is 0 Å². The van der Waals surface area contributed by atoms with Crippen molar-refractivity contribution in [3.05, 3.63) is 22.9 Å². The second-order valence-corrected chi connectivity index (χ2v) is 5.07. The normalized spacial score (nSPS) is 23.9. The molecule has 0 saturated carbocycles. The van der Waals surface area contributed by atoms with Crippen LogP contribution in [0.2, 0.25) is 0 Å². The number of hydrogen-bond acceptors (Lipinski definition) is 2. The summed E-state index contributed by atoms with van der Waals surface area (Å²) in [5.41, 5.74) is -0.655. The Balaban J connectivity index is 2.94. The Morgan fingerprint density at radius 1 is 1.61 bits per heavy atom. The maximum Gasteiger partial charge on any atom is 0.387 e. The molecule has 1 aliphatic rings.